The molecule has 0 aliphatic heterocycles. The Balaban J connectivity index is 1.33. The van der Waals surface area contributed by atoms with Crippen LogP contribution in [0.4, 0.5) is 22.7 Å². The van der Waals surface area contributed by atoms with E-state index in [0.717, 1.165) is 18.2 Å². The first-order chi connectivity index (χ1) is 21.8. The second-order valence-corrected chi connectivity index (χ2v) is 11.2. The summed E-state index contributed by atoms with van der Waals surface area (Å²) in [6.45, 7) is 0. The number of benzene rings is 4. The molecule has 0 unspecified atom stereocenters. The van der Waals surface area contributed by atoms with Gasteiger partial charge in [0.05, 0.1) is 5.69 Å². The van der Waals surface area contributed by atoms with Gasteiger partial charge in [-0.05, 0) is 96.6 Å². The zero-order chi connectivity index (χ0) is 33.2. The van der Waals surface area contributed by atoms with E-state index in [0.29, 0.717) is 11.3 Å². The predicted octanol–water partition coefficient (Wildman–Crippen LogP) is 4.07. The summed E-state index contributed by atoms with van der Waals surface area (Å²) >= 11 is 0. The smallest absolute Gasteiger partial charge is 0.339 e. The van der Waals surface area contributed by atoms with Crippen LogP contribution in [0.1, 0.15) is 47.0 Å². The number of fused-ring (bicyclic) bond motifs is 1. The van der Waals surface area contributed by atoms with Gasteiger partial charge < -0.3 is 26.6 Å². The largest absolute Gasteiger partial charge is 0.507 e. The van der Waals surface area contributed by atoms with Crippen LogP contribution in [-0.2, 0) is 10.1 Å². The molecule has 1 aliphatic rings. The molecule has 0 radical (unpaired) electrons. The summed E-state index contributed by atoms with van der Waals surface area (Å²) in [6, 6.07) is 19.5. The summed E-state index contributed by atoms with van der Waals surface area (Å²) in [5.74, 6) is -3.72. The lowest BCUT2D eigenvalue weighted by Crippen LogP contribution is -2.27. The van der Waals surface area contributed by atoms with Crippen molar-refractivity contribution >= 4 is 68.2 Å². The molecular formula is C31H23N5O9S. The summed E-state index contributed by atoms with van der Waals surface area (Å²) < 4.78 is 34.4. The maximum atomic E-state index is 13.3. The molecule has 14 nitrogen and oxygen atoms in total. The Morgan fingerprint density at radius 3 is 1.89 bits per heavy atom. The molecule has 0 saturated carbocycles. The number of anilines is 4. The average molecular weight is 642 g/mol. The van der Waals surface area contributed by atoms with E-state index in [9.17, 15) is 37.3 Å². The Bertz CT molecular complexity index is 2090. The van der Waals surface area contributed by atoms with Crippen molar-refractivity contribution in [1.82, 2.24) is 0 Å². The van der Waals surface area contributed by atoms with Crippen LogP contribution in [0.25, 0.3) is 6.08 Å². The SMILES string of the molecule is Nc1ccc(C(=O)Nc2ccc3c(c2)C=C(S(=O)(=O)O)/C(=N\Nc2ccc(C(=O)Nc4ccc(O)c(C(=O)O)c4)cc2)C3=O)cc1. The quantitative estimate of drug-likeness (QED) is 0.0626. The second-order valence-electron chi connectivity index (χ2n) is 9.83. The van der Waals surface area contributed by atoms with Crippen LogP contribution < -0.4 is 21.8 Å². The van der Waals surface area contributed by atoms with Gasteiger partial charge in [-0.2, -0.15) is 13.5 Å². The lowest BCUT2D eigenvalue weighted by Gasteiger charge is -2.17. The van der Waals surface area contributed by atoms with E-state index in [4.69, 9.17) is 10.8 Å². The number of rotatable bonds is 8. The average Bonchev–Trinajstić information content (AvgIpc) is 3.01. The van der Waals surface area contributed by atoms with Crippen molar-refractivity contribution in [2.45, 2.75) is 0 Å². The van der Waals surface area contributed by atoms with Gasteiger partial charge in [-0.3, -0.25) is 24.4 Å². The third kappa shape index (κ3) is 6.75. The number of hydrogen-bond donors (Lipinski definition) is 7. The first-order valence-corrected chi connectivity index (χ1v) is 14.6. The van der Waals surface area contributed by atoms with Gasteiger partial charge in [0.25, 0.3) is 21.9 Å². The Hall–Kier alpha value is -6.32. The molecule has 0 bridgehead atoms. The van der Waals surface area contributed by atoms with Gasteiger partial charge in [0.1, 0.15) is 16.2 Å². The van der Waals surface area contributed by atoms with Gasteiger partial charge in [0.15, 0.2) is 5.71 Å². The topological polar surface area (TPSA) is 238 Å². The lowest BCUT2D eigenvalue weighted by atomic mass is 9.94. The number of nitrogens with zero attached hydrogens (tertiary/aromatic N) is 1. The van der Waals surface area contributed by atoms with Gasteiger partial charge >= 0.3 is 5.97 Å². The zero-order valence-corrected chi connectivity index (χ0v) is 24.2. The summed E-state index contributed by atoms with van der Waals surface area (Å²) in [5, 5.41) is 27.9. The highest BCUT2D eigenvalue weighted by molar-refractivity contribution is 7.91. The van der Waals surface area contributed by atoms with Crippen LogP contribution in [0.5, 0.6) is 5.75 Å². The van der Waals surface area contributed by atoms with Crippen LogP contribution in [-0.4, -0.2) is 52.5 Å². The van der Waals surface area contributed by atoms with Crippen LogP contribution in [0.3, 0.4) is 0 Å². The molecule has 0 aromatic heterocycles. The van der Waals surface area contributed by atoms with Crippen molar-refractivity contribution in [3.05, 3.63) is 118 Å². The Morgan fingerprint density at radius 1 is 0.761 bits per heavy atom. The fraction of sp³-hybridized carbons (Fsp3) is 0. The van der Waals surface area contributed by atoms with Crippen molar-refractivity contribution in [2.24, 2.45) is 5.10 Å². The van der Waals surface area contributed by atoms with Gasteiger partial charge in [0, 0.05) is 33.8 Å². The number of ketones is 1. The number of hydrazone groups is 1. The number of carboxylic acid groups (broad SMARTS) is 1. The maximum absolute atomic E-state index is 13.3. The Kier molecular flexibility index (Phi) is 8.35. The van der Waals surface area contributed by atoms with Crippen LogP contribution in [0.15, 0.2) is 94.9 Å². The number of carboxylic acids is 1. The fourth-order valence-corrected chi connectivity index (χ4v) is 5.02. The van der Waals surface area contributed by atoms with Gasteiger partial charge in [-0.25, -0.2) is 4.79 Å². The highest BCUT2D eigenvalue weighted by Gasteiger charge is 2.33. The maximum Gasteiger partial charge on any atom is 0.339 e. The molecule has 4 aromatic rings. The second kappa shape index (κ2) is 12.4. The van der Waals surface area contributed by atoms with Crippen LogP contribution in [0.2, 0.25) is 0 Å². The van der Waals surface area contributed by atoms with Gasteiger partial charge in [0.2, 0.25) is 5.78 Å². The summed E-state index contributed by atoms with van der Waals surface area (Å²) in [5.41, 5.74) is 8.96. The Morgan fingerprint density at radius 2 is 1.30 bits per heavy atom. The molecule has 0 heterocycles. The molecule has 0 atom stereocenters. The number of amides is 2. The number of hydrogen-bond acceptors (Lipinski definition) is 10. The molecule has 5 rings (SSSR count). The number of aromatic carboxylic acids is 1. The van der Waals surface area contributed by atoms with Crippen LogP contribution >= 0.6 is 0 Å². The number of carbonyl (C=O) groups is 4. The third-order valence-corrected chi connectivity index (χ3v) is 7.54. The number of nitrogen functional groups attached to an aromatic ring is 1. The minimum Gasteiger partial charge on any atom is -0.507 e. The number of aromatic hydroxyl groups is 1. The molecule has 0 fully saturated rings. The van der Waals surface area contributed by atoms with Crippen molar-refractivity contribution in [3.8, 4) is 5.75 Å². The van der Waals surface area contributed by atoms with E-state index in [1.165, 1.54) is 60.7 Å². The number of nitrogens with one attached hydrogen (secondary N) is 3. The van der Waals surface area contributed by atoms with E-state index in [1.54, 1.807) is 12.1 Å². The number of allylic oxidation sites excluding steroid dienone is 1. The zero-order valence-electron chi connectivity index (χ0n) is 23.4. The minimum atomic E-state index is -4.93. The molecule has 1 aliphatic carbocycles. The van der Waals surface area contributed by atoms with E-state index < -0.39 is 55.6 Å². The minimum absolute atomic E-state index is 0.0609. The highest BCUT2D eigenvalue weighted by atomic mass is 32.2. The number of carbonyl (C=O) groups excluding carboxylic acids is 3. The first-order valence-electron chi connectivity index (χ1n) is 13.2. The molecule has 0 saturated heterocycles. The first kappa shape index (κ1) is 31.1. The van der Waals surface area contributed by atoms with Gasteiger partial charge in [-0.1, -0.05) is 0 Å². The van der Waals surface area contributed by atoms with E-state index >= 15 is 0 Å². The normalized spacial score (nSPS) is 13.4. The predicted molar refractivity (Wildman–Crippen MR) is 170 cm³/mol. The molecule has 0 spiro atoms. The molecular weight excluding hydrogens is 618 g/mol. The van der Waals surface area contributed by atoms with Gasteiger partial charge in [-0.15, -0.1) is 0 Å². The van der Waals surface area contributed by atoms with E-state index in [-0.39, 0.29) is 33.8 Å². The molecule has 232 valence electrons. The molecule has 4 aromatic carbocycles. The van der Waals surface area contributed by atoms with Crippen molar-refractivity contribution < 1.29 is 42.4 Å². The summed E-state index contributed by atoms with van der Waals surface area (Å²) in [7, 11) is -4.93. The fourth-order valence-electron chi connectivity index (χ4n) is 4.36. The number of phenols is 1. The number of nitrogens with two attached hydrogens (primary N) is 1. The monoisotopic (exact) mass is 641 g/mol. The number of Topliss-reactive ketones (excluding diaryl/α,β-unsaturated/α-hetero) is 1. The van der Waals surface area contributed by atoms with Crippen molar-refractivity contribution in [1.29, 1.82) is 0 Å². The Labute approximate surface area is 260 Å². The van der Waals surface area contributed by atoms with E-state index in [2.05, 4.69) is 21.2 Å². The standard InChI is InChI=1S/C31H23N5O9S/c32-19-5-1-16(2-6-19)29(39)33-21-9-11-23-18(13-21)14-26(46(43,44)45)27(28(23)38)36-35-20-7-3-17(4-8-20)30(40)34-22-10-12-25(37)24(15-22)31(41)42/h1-15,35,37H,32H2,(H,33,39)(H,34,40)(H,41,42)(H,43,44,45)/b36-27+. The summed E-state index contributed by atoms with van der Waals surface area (Å²) in [6.07, 6.45) is 1.05. The third-order valence-electron chi connectivity index (χ3n) is 6.67. The summed E-state index contributed by atoms with van der Waals surface area (Å²) in [4.78, 5) is 49.0. The molecule has 2 amide bonds. The lowest BCUT2D eigenvalue weighted by molar-refractivity contribution is 0.0693. The molecule has 15 heteroatoms. The molecule has 46 heavy (non-hydrogen) atoms. The van der Waals surface area contributed by atoms with Crippen molar-refractivity contribution in [2.75, 3.05) is 21.8 Å². The van der Waals surface area contributed by atoms with Crippen LogP contribution in [0, 0.1) is 0 Å². The van der Waals surface area contributed by atoms with Crippen molar-refractivity contribution in [3.63, 3.8) is 0 Å². The highest BCUT2D eigenvalue weighted by Crippen LogP contribution is 2.29. The van der Waals surface area contributed by atoms with E-state index in [1.807, 2.05) is 0 Å². The molecule has 8 N–H and O–H groups in total.